The molecule has 0 aliphatic heterocycles. The van der Waals surface area contributed by atoms with E-state index in [1.54, 1.807) is 24.3 Å². The maximum atomic E-state index is 11.8. The fourth-order valence-electron chi connectivity index (χ4n) is 1.69. The van der Waals surface area contributed by atoms with E-state index < -0.39 is 5.97 Å². The summed E-state index contributed by atoms with van der Waals surface area (Å²) in [6.45, 7) is -0.206. The summed E-state index contributed by atoms with van der Waals surface area (Å²) < 4.78 is 16.1. The molecule has 22 heavy (non-hydrogen) atoms. The van der Waals surface area contributed by atoms with Gasteiger partial charge in [-0.05, 0) is 40.2 Å². The molecule has 3 aromatic rings. The molecule has 7 nitrogen and oxygen atoms in total. The second kappa shape index (κ2) is 6.02. The van der Waals surface area contributed by atoms with Gasteiger partial charge in [0.2, 0.25) is 0 Å². The quantitative estimate of drug-likeness (QED) is 0.709. The summed E-state index contributed by atoms with van der Waals surface area (Å²) >= 11 is 3.17. The number of carbonyl (C=O) groups is 1. The first-order valence-electron chi connectivity index (χ1n) is 6.16. The van der Waals surface area contributed by atoms with Gasteiger partial charge in [-0.15, -0.1) is 10.2 Å². The average molecular weight is 365 g/mol. The molecule has 0 spiro atoms. The first-order chi connectivity index (χ1) is 10.6. The van der Waals surface area contributed by atoms with Gasteiger partial charge in [0.1, 0.15) is 11.3 Å². The van der Waals surface area contributed by atoms with Crippen LogP contribution in [-0.4, -0.2) is 21.3 Å². The summed E-state index contributed by atoms with van der Waals surface area (Å²) in [4.78, 5) is 11.8. The van der Waals surface area contributed by atoms with E-state index >= 15 is 0 Å². The smallest absolute Gasteiger partial charge is 0.342 e. The lowest BCUT2D eigenvalue weighted by Crippen LogP contribution is -2.05. The lowest BCUT2D eigenvalue weighted by atomic mass is 10.2. The molecule has 2 heterocycles. The number of phenolic OH excluding ortho intramolecular Hbond substituents is 1. The Kier molecular flexibility index (Phi) is 3.92. The predicted molar refractivity (Wildman–Crippen MR) is 76.9 cm³/mol. The highest BCUT2D eigenvalue weighted by molar-refractivity contribution is 9.10. The minimum absolute atomic E-state index is 0.0669. The molecule has 0 saturated heterocycles. The van der Waals surface area contributed by atoms with Crippen LogP contribution in [0.25, 0.3) is 11.7 Å². The molecule has 0 atom stereocenters. The van der Waals surface area contributed by atoms with E-state index in [0.29, 0.717) is 10.4 Å². The Morgan fingerprint density at radius 3 is 2.73 bits per heavy atom. The van der Waals surface area contributed by atoms with Gasteiger partial charge in [0.25, 0.3) is 11.8 Å². The van der Waals surface area contributed by atoms with E-state index in [4.69, 9.17) is 13.6 Å². The van der Waals surface area contributed by atoms with Crippen molar-refractivity contribution >= 4 is 21.9 Å². The normalized spacial score (nSPS) is 10.6. The number of para-hydroxylation sites is 1. The van der Waals surface area contributed by atoms with Gasteiger partial charge in [0.05, 0.1) is 0 Å². The summed E-state index contributed by atoms with van der Waals surface area (Å²) in [5.74, 6) is -0.138. The summed E-state index contributed by atoms with van der Waals surface area (Å²) in [5.41, 5.74) is 0.0669. The van der Waals surface area contributed by atoms with E-state index in [9.17, 15) is 9.90 Å². The summed E-state index contributed by atoms with van der Waals surface area (Å²) in [6, 6.07) is 9.44. The Hall–Kier alpha value is -2.61. The molecule has 2 aromatic heterocycles. The summed E-state index contributed by atoms with van der Waals surface area (Å²) in [6.07, 6.45) is 0. The van der Waals surface area contributed by atoms with E-state index in [1.807, 2.05) is 0 Å². The number of hydrogen-bond donors (Lipinski definition) is 1. The lowest BCUT2D eigenvalue weighted by Gasteiger charge is -2.03. The van der Waals surface area contributed by atoms with Crippen LogP contribution >= 0.6 is 15.9 Å². The first kappa shape index (κ1) is 14.3. The monoisotopic (exact) mass is 364 g/mol. The molecular formula is C14H9BrN2O5. The molecule has 8 heteroatoms. The second-order valence-electron chi connectivity index (χ2n) is 4.20. The number of hydrogen-bond acceptors (Lipinski definition) is 7. The molecule has 0 bridgehead atoms. The number of phenols is 1. The van der Waals surface area contributed by atoms with Crippen LogP contribution in [-0.2, 0) is 11.3 Å². The number of benzene rings is 1. The number of halogens is 1. The Morgan fingerprint density at radius 2 is 2.00 bits per heavy atom. The molecule has 0 aliphatic rings. The SMILES string of the molecule is O=C(OCc1nnc(-c2ccc(Br)o2)o1)c1ccccc1O. The molecular weight excluding hydrogens is 356 g/mol. The Bertz CT molecular complexity index is 811. The van der Waals surface area contributed by atoms with E-state index in [1.165, 1.54) is 12.1 Å². The number of nitrogens with zero attached hydrogens (tertiary/aromatic N) is 2. The van der Waals surface area contributed by atoms with Crippen LogP contribution in [0.5, 0.6) is 5.75 Å². The van der Waals surface area contributed by atoms with Crippen molar-refractivity contribution in [1.82, 2.24) is 10.2 Å². The van der Waals surface area contributed by atoms with E-state index in [0.717, 1.165) is 0 Å². The standard InChI is InChI=1S/C14H9BrN2O5/c15-11-6-5-10(21-11)13-17-16-12(22-13)7-20-14(19)8-3-1-2-4-9(8)18/h1-6,18H,7H2. The number of carbonyl (C=O) groups excluding carboxylic acids is 1. The average Bonchev–Trinajstić information content (AvgIpc) is 3.14. The Morgan fingerprint density at radius 1 is 1.18 bits per heavy atom. The van der Waals surface area contributed by atoms with E-state index in [2.05, 4.69) is 26.1 Å². The first-order valence-corrected chi connectivity index (χ1v) is 6.96. The van der Waals surface area contributed by atoms with Crippen molar-refractivity contribution in [1.29, 1.82) is 0 Å². The van der Waals surface area contributed by atoms with Crippen molar-refractivity contribution in [3.63, 3.8) is 0 Å². The molecule has 0 aliphatic carbocycles. The predicted octanol–water partition coefficient (Wildman–Crippen LogP) is 3.15. The van der Waals surface area contributed by atoms with Crippen molar-refractivity contribution in [2.24, 2.45) is 0 Å². The van der Waals surface area contributed by atoms with E-state index in [-0.39, 0.29) is 29.7 Å². The molecule has 1 aromatic carbocycles. The zero-order valence-corrected chi connectivity index (χ0v) is 12.6. The summed E-state index contributed by atoms with van der Waals surface area (Å²) in [5, 5.41) is 17.1. The number of aromatic nitrogens is 2. The zero-order chi connectivity index (χ0) is 15.5. The third-order valence-electron chi connectivity index (χ3n) is 2.70. The molecule has 0 fully saturated rings. The highest BCUT2D eigenvalue weighted by atomic mass is 79.9. The molecule has 0 amide bonds. The second-order valence-corrected chi connectivity index (χ2v) is 4.98. The van der Waals surface area contributed by atoms with Crippen LogP contribution < -0.4 is 0 Å². The van der Waals surface area contributed by atoms with Crippen molar-refractivity contribution in [2.45, 2.75) is 6.61 Å². The minimum atomic E-state index is -0.682. The van der Waals surface area contributed by atoms with Crippen molar-refractivity contribution < 1.29 is 23.5 Å². The third-order valence-corrected chi connectivity index (χ3v) is 3.13. The fraction of sp³-hybridized carbons (Fsp3) is 0.0714. The molecule has 0 radical (unpaired) electrons. The van der Waals surface area contributed by atoms with Crippen LogP contribution in [0.15, 0.2) is 49.9 Å². The number of aromatic hydroxyl groups is 1. The van der Waals surface area contributed by atoms with Crippen molar-refractivity contribution in [3.8, 4) is 17.4 Å². The molecule has 0 unspecified atom stereocenters. The Balaban J connectivity index is 1.66. The van der Waals surface area contributed by atoms with Crippen molar-refractivity contribution in [3.05, 3.63) is 52.5 Å². The number of esters is 1. The molecule has 0 saturated carbocycles. The van der Waals surface area contributed by atoms with Gasteiger partial charge >= 0.3 is 5.97 Å². The fourth-order valence-corrected chi connectivity index (χ4v) is 2.00. The zero-order valence-electron chi connectivity index (χ0n) is 11.0. The van der Waals surface area contributed by atoms with Gasteiger partial charge in [-0.25, -0.2) is 4.79 Å². The third kappa shape index (κ3) is 3.01. The van der Waals surface area contributed by atoms with Gasteiger partial charge in [0.15, 0.2) is 17.0 Å². The van der Waals surface area contributed by atoms with Gasteiger partial charge in [0, 0.05) is 0 Å². The van der Waals surface area contributed by atoms with Gasteiger partial charge in [-0.3, -0.25) is 0 Å². The Labute approximate surface area is 132 Å². The topological polar surface area (TPSA) is 98.6 Å². The molecule has 3 rings (SSSR count). The maximum absolute atomic E-state index is 11.8. The van der Waals surface area contributed by atoms with Crippen LogP contribution in [0.3, 0.4) is 0 Å². The summed E-state index contributed by atoms with van der Waals surface area (Å²) in [7, 11) is 0. The maximum Gasteiger partial charge on any atom is 0.342 e. The number of furan rings is 1. The van der Waals surface area contributed by atoms with Gasteiger partial charge < -0.3 is 18.7 Å². The largest absolute Gasteiger partial charge is 0.507 e. The number of rotatable bonds is 4. The van der Waals surface area contributed by atoms with Gasteiger partial charge in [-0.2, -0.15) is 0 Å². The van der Waals surface area contributed by atoms with Gasteiger partial charge in [-0.1, -0.05) is 12.1 Å². The number of ether oxygens (including phenoxy) is 1. The highest BCUT2D eigenvalue weighted by Crippen LogP contribution is 2.24. The van der Waals surface area contributed by atoms with Crippen LogP contribution in [0.1, 0.15) is 16.2 Å². The molecule has 112 valence electrons. The molecule has 1 N–H and O–H groups in total. The van der Waals surface area contributed by atoms with Crippen LogP contribution in [0.2, 0.25) is 0 Å². The van der Waals surface area contributed by atoms with Crippen molar-refractivity contribution in [2.75, 3.05) is 0 Å². The van der Waals surface area contributed by atoms with Crippen LogP contribution in [0.4, 0.5) is 0 Å². The van der Waals surface area contributed by atoms with Crippen LogP contribution in [0, 0.1) is 0 Å². The lowest BCUT2D eigenvalue weighted by molar-refractivity contribution is 0.0435. The minimum Gasteiger partial charge on any atom is -0.507 e. The highest BCUT2D eigenvalue weighted by Gasteiger charge is 2.16.